The molecule has 0 radical (unpaired) electrons. The van der Waals surface area contributed by atoms with Crippen LogP contribution in [0.3, 0.4) is 0 Å². The maximum absolute atomic E-state index is 13.2. The van der Waals surface area contributed by atoms with Crippen LogP contribution in [-0.2, 0) is 19.4 Å². The first-order chi connectivity index (χ1) is 15.5. The molecule has 0 bridgehead atoms. The summed E-state index contributed by atoms with van der Waals surface area (Å²) in [6, 6.07) is 13.1. The zero-order chi connectivity index (χ0) is 24.0. The van der Waals surface area contributed by atoms with Gasteiger partial charge in [0.2, 0.25) is 11.8 Å². The van der Waals surface area contributed by atoms with Crippen molar-refractivity contribution < 1.29 is 22.8 Å². The lowest BCUT2D eigenvalue weighted by Crippen LogP contribution is -2.62. The third-order valence-electron chi connectivity index (χ3n) is 6.49. The minimum absolute atomic E-state index is 0.0296. The maximum atomic E-state index is 13.2. The Kier molecular flexibility index (Phi) is 5.78. The SMILES string of the molecule is CC(NC(=O)CCN1C(=O)c2ccccc2N2C(=O)CCC12C)c1ccc(S(C)(=O)=O)cc1. The summed E-state index contributed by atoms with van der Waals surface area (Å²) in [6.07, 6.45) is 2.09. The van der Waals surface area contributed by atoms with Crippen LogP contribution in [0.2, 0.25) is 0 Å². The molecule has 0 saturated carbocycles. The number of benzene rings is 2. The number of anilines is 1. The van der Waals surface area contributed by atoms with Crippen LogP contribution in [-0.4, -0.2) is 49.5 Å². The highest BCUT2D eigenvalue weighted by Gasteiger charge is 2.52. The monoisotopic (exact) mass is 469 g/mol. The van der Waals surface area contributed by atoms with Crippen LogP contribution in [0.25, 0.3) is 0 Å². The van der Waals surface area contributed by atoms with Gasteiger partial charge in [0.25, 0.3) is 5.91 Å². The Bertz CT molecular complexity index is 1220. The molecule has 174 valence electrons. The van der Waals surface area contributed by atoms with Crippen LogP contribution in [0.5, 0.6) is 0 Å². The van der Waals surface area contributed by atoms with Gasteiger partial charge in [0.05, 0.1) is 22.2 Å². The third kappa shape index (κ3) is 4.13. The summed E-state index contributed by atoms with van der Waals surface area (Å²) in [5, 5.41) is 2.90. The number of carbonyl (C=O) groups is 3. The Morgan fingerprint density at radius 2 is 1.79 bits per heavy atom. The molecule has 8 nitrogen and oxygen atoms in total. The molecule has 9 heteroatoms. The van der Waals surface area contributed by atoms with E-state index in [2.05, 4.69) is 5.32 Å². The average molecular weight is 470 g/mol. The van der Waals surface area contributed by atoms with E-state index < -0.39 is 15.5 Å². The minimum Gasteiger partial charge on any atom is -0.350 e. The molecule has 3 amide bonds. The number of nitrogens with one attached hydrogen (secondary N) is 1. The van der Waals surface area contributed by atoms with Crippen LogP contribution >= 0.6 is 0 Å². The Hall–Kier alpha value is -3.20. The molecule has 0 spiro atoms. The highest BCUT2D eigenvalue weighted by Crippen LogP contribution is 2.43. The van der Waals surface area contributed by atoms with E-state index in [9.17, 15) is 22.8 Å². The number of para-hydroxylation sites is 1. The van der Waals surface area contributed by atoms with Crippen LogP contribution in [0.15, 0.2) is 53.4 Å². The molecule has 1 saturated heterocycles. The second kappa shape index (κ2) is 8.30. The van der Waals surface area contributed by atoms with E-state index >= 15 is 0 Å². The molecule has 2 unspecified atom stereocenters. The highest BCUT2D eigenvalue weighted by atomic mass is 32.2. The number of amides is 3. The number of hydrogen-bond acceptors (Lipinski definition) is 5. The summed E-state index contributed by atoms with van der Waals surface area (Å²) in [4.78, 5) is 42.1. The van der Waals surface area contributed by atoms with Gasteiger partial charge in [-0.3, -0.25) is 19.3 Å². The van der Waals surface area contributed by atoms with Crippen molar-refractivity contribution in [3.05, 3.63) is 59.7 Å². The number of carbonyl (C=O) groups excluding carboxylic acids is 3. The van der Waals surface area contributed by atoms with E-state index in [1.165, 1.54) is 12.1 Å². The molecule has 2 aliphatic heterocycles. The summed E-state index contributed by atoms with van der Waals surface area (Å²) in [5.41, 5.74) is 1.07. The Labute approximate surface area is 193 Å². The van der Waals surface area contributed by atoms with Gasteiger partial charge >= 0.3 is 0 Å². The summed E-state index contributed by atoms with van der Waals surface area (Å²) in [7, 11) is -3.29. The Balaban J connectivity index is 1.46. The van der Waals surface area contributed by atoms with Crippen molar-refractivity contribution in [2.24, 2.45) is 0 Å². The van der Waals surface area contributed by atoms with Crippen LogP contribution in [0.1, 0.15) is 55.1 Å². The predicted molar refractivity (Wildman–Crippen MR) is 123 cm³/mol. The molecule has 2 atom stereocenters. The number of hydrogen-bond donors (Lipinski definition) is 1. The molecule has 2 aromatic carbocycles. The molecule has 1 N–H and O–H groups in total. The van der Waals surface area contributed by atoms with Crippen molar-refractivity contribution in [3.63, 3.8) is 0 Å². The lowest BCUT2D eigenvalue weighted by atomic mass is 9.98. The molecule has 2 heterocycles. The zero-order valence-electron chi connectivity index (χ0n) is 18.9. The lowest BCUT2D eigenvalue weighted by molar-refractivity contribution is -0.122. The second-order valence-electron chi connectivity index (χ2n) is 8.80. The van der Waals surface area contributed by atoms with Crippen molar-refractivity contribution in [1.82, 2.24) is 10.2 Å². The fourth-order valence-electron chi connectivity index (χ4n) is 4.66. The fraction of sp³-hybridized carbons (Fsp3) is 0.375. The van der Waals surface area contributed by atoms with Gasteiger partial charge in [-0.2, -0.15) is 0 Å². The highest BCUT2D eigenvalue weighted by molar-refractivity contribution is 7.90. The molecule has 1 fully saturated rings. The van der Waals surface area contributed by atoms with Gasteiger partial charge < -0.3 is 10.2 Å². The van der Waals surface area contributed by atoms with Gasteiger partial charge in [-0.25, -0.2) is 8.42 Å². The zero-order valence-corrected chi connectivity index (χ0v) is 19.7. The standard InChI is InChI=1S/C24H27N3O5S/c1-16(17-8-10-18(11-9-17)33(3,31)32)25-21(28)13-15-26-23(30)19-6-4-5-7-20(19)27-22(29)12-14-24(26,27)2/h4-11,16H,12-15H2,1-3H3,(H,25,28). The topological polar surface area (TPSA) is 104 Å². The minimum atomic E-state index is -3.29. The van der Waals surface area contributed by atoms with Crippen molar-refractivity contribution in [2.75, 3.05) is 17.7 Å². The van der Waals surface area contributed by atoms with Gasteiger partial charge in [0.1, 0.15) is 5.66 Å². The van der Waals surface area contributed by atoms with E-state index in [0.717, 1.165) is 11.8 Å². The van der Waals surface area contributed by atoms with Gasteiger partial charge in [0, 0.05) is 25.6 Å². The fourth-order valence-corrected chi connectivity index (χ4v) is 5.29. The molecular formula is C24H27N3O5S. The number of sulfone groups is 1. The van der Waals surface area contributed by atoms with Gasteiger partial charge in [-0.05, 0) is 50.1 Å². The first-order valence-electron chi connectivity index (χ1n) is 10.9. The van der Waals surface area contributed by atoms with E-state index in [-0.39, 0.29) is 41.6 Å². The van der Waals surface area contributed by atoms with E-state index in [4.69, 9.17) is 0 Å². The van der Waals surface area contributed by atoms with Gasteiger partial charge in [-0.15, -0.1) is 0 Å². The van der Waals surface area contributed by atoms with Crippen molar-refractivity contribution in [2.45, 2.75) is 49.7 Å². The van der Waals surface area contributed by atoms with Crippen molar-refractivity contribution in [3.8, 4) is 0 Å². The Morgan fingerprint density at radius 1 is 1.12 bits per heavy atom. The average Bonchev–Trinajstić information content (AvgIpc) is 3.08. The Morgan fingerprint density at radius 3 is 2.45 bits per heavy atom. The van der Waals surface area contributed by atoms with E-state index in [1.54, 1.807) is 40.1 Å². The second-order valence-corrected chi connectivity index (χ2v) is 10.8. The quantitative estimate of drug-likeness (QED) is 0.701. The van der Waals surface area contributed by atoms with Crippen LogP contribution < -0.4 is 10.2 Å². The number of rotatable bonds is 6. The lowest BCUT2D eigenvalue weighted by Gasteiger charge is -2.48. The first kappa shape index (κ1) is 23.0. The van der Waals surface area contributed by atoms with Crippen LogP contribution in [0.4, 0.5) is 5.69 Å². The smallest absolute Gasteiger partial charge is 0.257 e. The molecule has 0 aliphatic carbocycles. The largest absolute Gasteiger partial charge is 0.350 e. The molecule has 4 rings (SSSR count). The summed E-state index contributed by atoms with van der Waals surface area (Å²) in [5.74, 6) is -0.449. The molecule has 2 aromatic rings. The first-order valence-corrected chi connectivity index (χ1v) is 12.7. The number of nitrogens with zero attached hydrogens (tertiary/aromatic N) is 2. The molecular weight excluding hydrogens is 442 g/mol. The number of fused-ring (bicyclic) bond motifs is 3. The van der Waals surface area contributed by atoms with Gasteiger partial charge in [0.15, 0.2) is 9.84 Å². The predicted octanol–water partition coefficient (Wildman–Crippen LogP) is 2.66. The maximum Gasteiger partial charge on any atom is 0.257 e. The van der Waals surface area contributed by atoms with Crippen molar-refractivity contribution in [1.29, 1.82) is 0 Å². The summed E-state index contributed by atoms with van der Waals surface area (Å²) in [6.45, 7) is 3.86. The normalized spacial score (nSPS) is 20.9. The molecule has 0 aromatic heterocycles. The van der Waals surface area contributed by atoms with E-state index in [1.807, 2.05) is 19.9 Å². The van der Waals surface area contributed by atoms with E-state index in [0.29, 0.717) is 24.1 Å². The molecule has 2 aliphatic rings. The molecule has 33 heavy (non-hydrogen) atoms. The summed E-state index contributed by atoms with van der Waals surface area (Å²) < 4.78 is 23.3. The third-order valence-corrected chi connectivity index (χ3v) is 7.62. The van der Waals surface area contributed by atoms with Gasteiger partial charge in [-0.1, -0.05) is 24.3 Å². The van der Waals surface area contributed by atoms with Crippen molar-refractivity contribution >= 4 is 33.2 Å². The van der Waals surface area contributed by atoms with Crippen LogP contribution in [0, 0.1) is 0 Å². The summed E-state index contributed by atoms with van der Waals surface area (Å²) >= 11 is 0.